The Morgan fingerprint density at radius 3 is 2.65 bits per heavy atom. The fourth-order valence-corrected chi connectivity index (χ4v) is 1.75. The van der Waals surface area contributed by atoms with Crippen LogP contribution in [0, 0.1) is 0 Å². The summed E-state index contributed by atoms with van der Waals surface area (Å²) in [5, 5.41) is 2.77. The summed E-state index contributed by atoms with van der Waals surface area (Å²) in [4.78, 5) is 11.8. The minimum absolute atomic E-state index is 0.0674. The number of nitrogens with one attached hydrogen (secondary N) is 1. The Morgan fingerprint density at radius 1 is 1.45 bits per heavy atom. The second kappa shape index (κ2) is 6.65. The van der Waals surface area contributed by atoms with Crippen LogP contribution in [0.25, 0.3) is 0 Å². The maximum atomic E-state index is 12.1. The van der Waals surface area contributed by atoms with E-state index in [1.54, 1.807) is 32.9 Å². The first-order chi connectivity index (χ1) is 9.17. The van der Waals surface area contributed by atoms with E-state index in [4.69, 9.17) is 5.73 Å². The first kappa shape index (κ1) is 16.4. The van der Waals surface area contributed by atoms with E-state index in [2.05, 4.69) is 10.1 Å². The molecule has 0 spiro atoms. The smallest absolute Gasteiger partial charge is 0.387 e. The van der Waals surface area contributed by atoms with E-state index in [-0.39, 0.29) is 24.1 Å². The first-order valence-electron chi connectivity index (χ1n) is 6.30. The van der Waals surface area contributed by atoms with Gasteiger partial charge >= 0.3 is 6.61 Å². The first-order valence-corrected chi connectivity index (χ1v) is 6.30. The zero-order valence-corrected chi connectivity index (χ0v) is 11.8. The molecule has 0 aliphatic rings. The number of benzene rings is 1. The normalized spacial score (nSPS) is 13.2. The van der Waals surface area contributed by atoms with Crippen LogP contribution in [0.2, 0.25) is 0 Å². The quantitative estimate of drug-likeness (QED) is 0.845. The van der Waals surface area contributed by atoms with Gasteiger partial charge in [0, 0.05) is 12.0 Å². The van der Waals surface area contributed by atoms with Crippen molar-refractivity contribution >= 4 is 5.91 Å². The molecule has 0 saturated heterocycles. The second-order valence-corrected chi connectivity index (χ2v) is 5.41. The Bertz CT molecular complexity index is 459. The summed E-state index contributed by atoms with van der Waals surface area (Å²) in [6, 6.07) is 5.93. The third kappa shape index (κ3) is 5.97. The van der Waals surface area contributed by atoms with Gasteiger partial charge in [-0.15, -0.1) is 0 Å². The summed E-state index contributed by atoms with van der Waals surface area (Å²) in [6.45, 7) is 2.42. The number of nitrogens with two attached hydrogens (primary N) is 1. The molecule has 1 atom stereocenters. The number of amides is 1. The second-order valence-electron chi connectivity index (χ2n) is 5.41. The molecule has 1 unspecified atom stereocenters. The van der Waals surface area contributed by atoms with E-state index in [9.17, 15) is 13.6 Å². The number of alkyl halides is 2. The molecule has 0 aliphatic carbocycles. The molecule has 1 amide bonds. The fraction of sp³-hybridized carbons (Fsp3) is 0.500. The van der Waals surface area contributed by atoms with Crippen LogP contribution in [0.1, 0.15) is 38.8 Å². The van der Waals surface area contributed by atoms with Gasteiger partial charge in [-0.3, -0.25) is 4.79 Å². The summed E-state index contributed by atoms with van der Waals surface area (Å²) in [7, 11) is 0. The Hall–Kier alpha value is -1.69. The maximum Gasteiger partial charge on any atom is 0.387 e. The van der Waals surface area contributed by atoms with Crippen LogP contribution in [0.15, 0.2) is 24.3 Å². The minimum atomic E-state index is -2.87. The lowest BCUT2D eigenvalue weighted by Crippen LogP contribution is -2.39. The van der Waals surface area contributed by atoms with E-state index < -0.39 is 12.2 Å². The van der Waals surface area contributed by atoms with Crippen molar-refractivity contribution in [1.82, 2.24) is 5.32 Å². The predicted octanol–water partition coefficient (Wildman–Crippen LogP) is 2.59. The summed E-state index contributed by atoms with van der Waals surface area (Å²) in [5.41, 5.74) is 5.86. The predicted molar refractivity (Wildman–Crippen MR) is 72.5 cm³/mol. The van der Waals surface area contributed by atoms with Crippen LogP contribution >= 0.6 is 0 Å². The van der Waals surface area contributed by atoms with Gasteiger partial charge in [-0.1, -0.05) is 12.1 Å². The van der Waals surface area contributed by atoms with Gasteiger partial charge in [0.25, 0.3) is 0 Å². The van der Waals surface area contributed by atoms with Gasteiger partial charge < -0.3 is 15.8 Å². The maximum absolute atomic E-state index is 12.1. The van der Waals surface area contributed by atoms with Gasteiger partial charge in [0.05, 0.1) is 6.04 Å². The number of hydrogen-bond acceptors (Lipinski definition) is 3. The van der Waals surface area contributed by atoms with E-state index >= 15 is 0 Å². The van der Waals surface area contributed by atoms with Gasteiger partial charge in [-0.2, -0.15) is 8.78 Å². The summed E-state index contributed by atoms with van der Waals surface area (Å²) in [6.07, 6.45) is 0.185. The Kier molecular flexibility index (Phi) is 5.44. The number of hydrogen-bond donors (Lipinski definition) is 2. The molecule has 20 heavy (non-hydrogen) atoms. The fourth-order valence-electron chi connectivity index (χ4n) is 1.75. The third-order valence-electron chi connectivity index (χ3n) is 2.58. The third-order valence-corrected chi connectivity index (χ3v) is 2.58. The van der Waals surface area contributed by atoms with Crippen molar-refractivity contribution in [3.05, 3.63) is 29.8 Å². The number of carbonyl (C=O) groups is 1. The zero-order chi connectivity index (χ0) is 15.3. The van der Waals surface area contributed by atoms with Gasteiger partial charge in [-0.25, -0.2) is 0 Å². The molecule has 0 aliphatic heterocycles. The molecule has 0 saturated carbocycles. The molecule has 1 aromatic carbocycles. The average Bonchev–Trinajstić information content (AvgIpc) is 2.25. The SMILES string of the molecule is CC(NC(=O)CC(C)(C)N)c1cccc(OC(F)F)c1. The van der Waals surface area contributed by atoms with Gasteiger partial charge in [-0.05, 0) is 38.5 Å². The molecular formula is C14H20F2N2O2. The van der Waals surface area contributed by atoms with Crippen LogP contribution in [0.4, 0.5) is 8.78 Å². The summed E-state index contributed by atoms with van der Waals surface area (Å²) >= 11 is 0. The number of halogens is 2. The highest BCUT2D eigenvalue weighted by Crippen LogP contribution is 2.21. The average molecular weight is 286 g/mol. The lowest BCUT2D eigenvalue weighted by atomic mass is 10.0. The molecule has 0 bridgehead atoms. The van der Waals surface area contributed by atoms with Crippen molar-refractivity contribution in [3.8, 4) is 5.75 Å². The van der Waals surface area contributed by atoms with Gasteiger partial charge in [0.15, 0.2) is 0 Å². The lowest BCUT2D eigenvalue weighted by molar-refractivity contribution is -0.122. The Labute approximate surface area is 117 Å². The van der Waals surface area contributed by atoms with Crippen LogP contribution in [0.3, 0.4) is 0 Å². The lowest BCUT2D eigenvalue weighted by Gasteiger charge is -2.20. The van der Waals surface area contributed by atoms with Crippen molar-refractivity contribution < 1.29 is 18.3 Å². The van der Waals surface area contributed by atoms with Crippen molar-refractivity contribution in [2.24, 2.45) is 5.73 Å². The topological polar surface area (TPSA) is 64.4 Å². The molecule has 0 aromatic heterocycles. The van der Waals surface area contributed by atoms with Crippen molar-refractivity contribution in [1.29, 1.82) is 0 Å². The van der Waals surface area contributed by atoms with Crippen molar-refractivity contribution in [2.75, 3.05) is 0 Å². The largest absolute Gasteiger partial charge is 0.435 e. The molecule has 112 valence electrons. The molecule has 0 radical (unpaired) electrons. The van der Waals surface area contributed by atoms with Gasteiger partial charge in [0.1, 0.15) is 5.75 Å². The van der Waals surface area contributed by atoms with E-state index in [1.807, 2.05) is 0 Å². The summed E-state index contributed by atoms with van der Waals surface area (Å²) in [5.74, 6) is -0.122. The van der Waals surface area contributed by atoms with Crippen molar-refractivity contribution in [2.45, 2.75) is 45.4 Å². The van der Waals surface area contributed by atoms with Crippen LogP contribution < -0.4 is 15.8 Å². The summed E-state index contributed by atoms with van der Waals surface area (Å²) < 4.78 is 28.6. The van der Waals surface area contributed by atoms with Crippen LogP contribution in [-0.4, -0.2) is 18.1 Å². The van der Waals surface area contributed by atoms with E-state index in [0.717, 1.165) is 0 Å². The highest BCUT2D eigenvalue weighted by molar-refractivity contribution is 5.77. The van der Waals surface area contributed by atoms with E-state index in [0.29, 0.717) is 5.56 Å². The zero-order valence-electron chi connectivity index (χ0n) is 11.8. The van der Waals surface area contributed by atoms with E-state index in [1.165, 1.54) is 12.1 Å². The molecule has 6 heteroatoms. The highest BCUT2D eigenvalue weighted by Gasteiger charge is 2.18. The Morgan fingerprint density at radius 2 is 2.10 bits per heavy atom. The molecule has 0 fully saturated rings. The molecule has 1 aromatic rings. The molecule has 1 rings (SSSR count). The molecule has 0 heterocycles. The molecular weight excluding hydrogens is 266 g/mol. The number of rotatable bonds is 6. The Balaban J connectivity index is 2.67. The monoisotopic (exact) mass is 286 g/mol. The standard InChI is InChI=1S/C14H20F2N2O2/c1-9(18-12(19)8-14(2,3)17)10-5-4-6-11(7-10)20-13(15)16/h4-7,9,13H,8,17H2,1-3H3,(H,18,19). The molecule has 4 nitrogen and oxygen atoms in total. The minimum Gasteiger partial charge on any atom is -0.435 e. The number of ether oxygens (including phenoxy) is 1. The van der Waals surface area contributed by atoms with Gasteiger partial charge in [0.2, 0.25) is 5.91 Å². The highest BCUT2D eigenvalue weighted by atomic mass is 19.3. The van der Waals surface area contributed by atoms with Crippen LogP contribution in [0.5, 0.6) is 5.75 Å². The number of carbonyl (C=O) groups excluding carboxylic acids is 1. The molecule has 3 N–H and O–H groups in total. The van der Waals surface area contributed by atoms with Crippen molar-refractivity contribution in [3.63, 3.8) is 0 Å². The van der Waals surface area contributed by atoms with Crippen LogP contribution in [-0.2, 0) is 4.79 Å².